The SMILES string of the molecule is CC(C)Sc1nnc(NC(=O)[C@H]2CCCN2S(=O)(=O)c2ccc(Cl)cc2)s1. The molecule has 1 fully saturated rings. The molecule has 11 heteroatoms. The highest BCUT2D eigenvalue weighted by Gasteiger charge is 2.39. The summed E-state index contributed by atoms with van der Waals surface area (Å²) >= 11 is 8.68. The smallest absolute Gasteiger partial charge is 0.244 e. The number of rotatable bonds is 6. The van der Waals surface area contributed by atoms with E-state index >= 15 is 0 Å². The number of nitrogens with zero attached hydrogens (tertiary/aromatic N) is 3. The van der Waals surface area contributed by atoms with Crippen LogP contribution in [0.4, 0.5) is 5.13 Å². The number of hydrogen-bond donors (Lipinski definition) is 1. The Balaban J connectivity index is 1.74. The first-order valence-electron chi connectivity index (χ1n) is 8.36. The molecule has 0 bridgehead atoms. The molecule has 146 valence electrons. The Morgan fingerprint density at radius 2 is 2.04 bits per heavy atom. The molecule has 1 aliphatic rings. The molecule has 1 saturated heterocycles. The van der Waals surface area contributed by atoms with Gasteiger partial charge in [-0.05, 0) is 37.1 Å². The van der Waals surface area contributed by atoms with E-state index in [1.54, 1.807) is 11.8 Å². The van der Waals surface area contributed by atoms with Crippen molar-refractivity contribution >= 4 is 55.8 Å². The first-order valence-corrected chi connectivity index (χ1v) is 11.9. The van der Waals surface area contributed by atoms with Crippen molar-refractivity contribution in [3.63, 3.8) is 0 Å². The van der Waals surface area contributed by atoms with Gasteiger partial charge in [-0.1, -0.05) is 48.5 Å². The van der Waals surface area contributed by atoms with E-state index in [0.717, 1.165) is 4.34 Å². The molecule has 1 amide bonds. The average molecular weight is 447 g/mol. The number of halogens is 1. The van der Waals surface area contributed by atoms with Gasteiger partial charge < -0.3 is 0 Å². The van der Waals surface area contributed by atoms with E-state index in [1.807, 2.05) is 13.8 Å². The number of sulfonamides is 1. The van der Waals surface area contributed by atoms with Crippen molar-refractivity contribution in [2.24, 2.45) is 0 Å². The Morgan fingerprint density at radius 3 is 2.70 bits per heavy atom. The number of hydrogen-bond acceptors (Lipinski definition) is 7. The third-order valence-corrected chi connectivity index (χ3v) is 8.00. The number of carbonyl (C=O) groups excluding carboxylic acids is 1. The Kier molecular flexibility index (Phi) is 6.42. The summed E-state index contributed by atoms with van der Waals surface area (Å²) in [6.45, 7) is 4.39. The van der Waals surface area contributed by atoms with Gasteiger partial charge in [0.05, 0.1) is 4.90 Å². The van der Waals surface area contributed by atoms with Crippen LogP contribution in [-0.4, -0.2) is 46.7 Å². The van der Waals surface area contributed by atoms with Crippen LogP contribution >= 0.6 is 34.7 Å². The number of amides is 1. The average Bonchev–Trinajstić information content (AvgIpc) is 3.24. The quantitative estimate of drug-likeness (QED) is 0.539. The topological polar surface area (TPSA) is 92.3 Å². The van der Waals surface area contributed by atoms with Crippen LogP contribution in [0.3, 0.4) is 0 Å². The van der Waals surface area contributed by atoms with E-state index in [1.165, 1.54) is 39.9 Å². The lowest BCUT2D eigenvalue weighted by atomic mass is 10.2. The summed E-state index contributed by atoms with van der Waals surface area (Å²) in [6.07, 6.45) is 1.08. The summed E-state index contributed by atoms with van der Waals surface area (Å²) in [6, 6.07) is 5.18. The van der Waals surface area contributed by atoms with Gasteiger partial charge in [-0.15, -0.1) is 10.2 Å². The number of nitrogens with one attached hydrogen (secondary N) is 1. The fraction of sp³-hybridized carbons (Fsp3) is 0.438. The fourth-order valence-electron chi connectivity index (χ4n) is 2.73. The van der Waals surface area contributed by atoms with E-state index in [4.69, 9.17) is 11.6 Å². The van der Waals surface area contributed by atoms with Crippen LogP contribution in [0.5, 0.6) is 0 Å². The molecular formula is C16H19ClN4O3S3. The summed E-state index contributed by atoms with van der Waals surface area (Å²) in [5.74, 6) is -0.387. The van der Waals surface area contributed by atoms with Gasteiger partial charge in [0.15, 0.2) is 4.34 Å². The van der Waals surface area contributed by atoms with E-state index in [0.29, 0.717) is 34.8 Å². The highest BCUT2D eigenvalue weighted by molar-refractivity contribution is 8.01. The van der Waals surface area contributed by atoms with E-state index in [9.17, 15) is 13.2 Å². The summed E-state index contributed by atoms with van der Waals surface area (Å²) in [4.78, 5) is 12.8. The lowest BCUT2D eigenvalue weighted by Gasteiger charge is -2.23. The Labute approximate surface area is 171 Å². The number of anilines is 1. The monoisotopic (exact) mass is 446 g/mol. The maximum atomic E-state index is 12.9. The molecule has 0 aliphatic carbocycles. The molecule has 1 aromatic heterocycles. The van der Waals surface area contributed by atoms with Crippen molar-refractivity contribution in [3.8, 4) is 0 Å². The second kappa shape index (κ2) is 8.44. The highest BCUT2D eigenvalue weighted by atomic mass is 35.5. The minimum absolute atomic E-state index is 0.123. The number of benzene rings is 1. The molecular weight excluding hydrogens is 428 g/mol. The van der Waals surface area contributed by atoms with Gasteiger partial charge in [-0.25, -0.2) is 8.42 Å². The predicted octanol–water partition coefficient (Wildman–Crippen LogP) is 3.48. The fourth-order valence-corrected chi connectivity index (χ4v) is 6.49. The zero-order valence-electron chi connectivity index (χ0n) is 14.8. The van der Waals surface area contributed by atoms with Crippen LogP contribution in [0.25, 0.3) is 0 Å². The van der Waals surface area contributed by atoms with Crippen molar-refractivity contribution in [2.45, 2.75) is 47.2 Å². The Bertz CT molecular complexity index is 915. The number of carbonyl (C=O) groups is 1. The largest absolute Gasteiger partial charge is 0.299 e. The van der Waals surface area contributed by atoms with Crippen LogP contribution in [0.2, 0.25) is 5.02 Å². The van der Waals surface area contributed by atoms with Crippen LogP contribution in [-0.2, 0) is 14.8 Å². The lowest BCUT2D eigenvalue weighted by molar-refractivity contribution is -0.119. The first-order chi connectivity index (χ1) is 12.8. The van der Waals surface area contributed by atoms with Gasteiger partial charge in [0.2, 0.25) is 21.1 Å². The van der Waals surface area contributed by atoms with Crippen molar-refractivity contribution < 1.29 is 13.2 Å². The van der Waals surface area contributed by atoms with E-state index < -0.39 is 16.1 Å². The molecule has 0 saturated carbocycles. The molecule has 1 aromatic carbocycles. The molecule has 3 rings (SSSR count). The van der Waals surface area contributed by atoms with Crippen molar-refractivity contribution in [1.29, 1.82) is 0 Å². The van der Waals surface area contributed by atoms with Gasteiger partial charge in [0.1, 0.15) is 6.04 Å². The number of aromatic nitrogens is 2. The van der Waals surface area contributed by atoms with E-state index in [2.05, 4.69) is 15.5 Å². The van der Waals surface area contributed by atoms with Crippen molar-refractivity contribution in [3.05, 3.63) is 29.3 Å². The number of thioether (sulfide) groups is 1. The lowest BCUT2D eigenvalue weighted by Crippen LogP contribution is -2.43. The van der Waals surface area contributed by atoms with Crippen LogP contribution in [0.15, 0.2) is 33.5 Å². The summed E-state index contributed by atoms with van der Waals surface area (Å²) in [7, 11) is -3.78. The van der Waals surface area contributed by atoms with Gasteiger partial charge in [0.25, 0.3) is 0 Å². The standard InChI is InChI=1S/C16H19ClN4O3S3/c1-10(2)25-16-20-19-15(26-16)18-14(22)13-4-3-9-21(13)27(23,24)12-7-5-11(17)6-8-12/h5-8,10,13H,3-4,9H2,1-2H3,(H,18,19,22)/t13-/m1/s1. The summed E-state index contributed by atoms with van der Waals surface area (Å²) in [5.41, 5.74) is 0. The molecule has 7 nitrogen and oxygen atoms in total. The van der Waals surface area contributed by atoms with E-state index in [-0.39, 0.29) is 10.8 Å². The zero-order valence-corrected chi connectivity index (χ0v) is 18.0. The molecule has 2 heterocycles. The third kappa shape index (κ3) is 4.80. The maximum Gasteiger partial charge on any atom is 0.244 e. The van der Waals surface area contributed by atoms with Gasteiger partial charge in [0, 0.05) is 16.8 Å². The normalized spacial score (nSPS) is 18.1. The van der Waals surface area contributed by atoms with Crippen LogP contribution in [0.1, 0.15) is 26.7 Å². The Morgan fingerprint density at radius 1 is 1.33 bits per heavy atom. The molecule has 0 spiro atoms. The Hall–Kier alpha value is -1.20. The summed E-state index contributed by atoms with van der Waals surface area (Å²) in [5, 5.41) is 11.9. The van der Waals surface area contributed by atoms with Crippen molar-refractivity contribution in [1.82, 2.24) is 14.5 Å². The molecule has 1 atom stereocenters. The maximum absolute atomic E-state index is 12.9. The van der Waals surface area contributed by atoms with Gasteiger partial charge in [-0.2, -0.15) is 4.31 Å². The molecule has 0 radical (unpaired) electrons. The molecule has 0 unspecified atom stereocenters. The predicted molar refractivity (Wildman–Crippen MR) is 108 cm³/mol. The van der Waals surface area contributed by atoms with Crippen LogP contribution in [0, 0.1) is 0 Å². The van der Waals surface area contributed by atoms with Gasteiger partial charge in [-0.3, -0.25) is 10.1 Å². The minimum atomic E-state index is -3.78. The second-order valence-electron chi connectivity index (χ2n) is 6.26. The summed E-state index contributed by atoms with van der Waals surface area (Å²) < 4.78 is 27.8. The van der Waals surface area contributed by atoms with Crippen LogP contribution < -0.4 is 5.32 Å². The first kappa shape index (κ1) is 20.5. The van der Waals surface area contributed by atoms with Gasteiger partial charge >= 0.3 is 0 Å². The molecule has 2 aromatic rings. The molecule has 1 aliphatic heterocycles. The molecule has 1 N–H and O–H groups in total. The highest BCUT2D eigenvalue weighted by Crippen LogP contribution is 2.30. The van der Waals surface area contributed by atoms with Crippen molar-refractivity contribution in [2.75, 3.05) is 11.9 Å². The molecule has 27 heavy (non-hydrogen) atoms. The third-order valence-electron chi connectivity index (χ3n) is 3.90. The minimum Gasteiger partial charge on any atom is -0.299 e. The second-order valence-corrected chi connectivity index (χ2v) is 11.4. The zero-order chi connectivity index (χ0) is 19.6.